The van der Waals surface area contributed by atoms with Crippen LogP contribution in [0.4, 0.5) is 8.78 Å². The van der Waals surface area contributed by atoms with Gasteiger partial charge in [0.2, 0.25) is 0 Å². The van der Waals surface area contributed by atoms with Gasteiger partial charge in [-0.2, -0.15) is 0 Å². The Morgan fingerprint density at radius 1 is 1.33 bits per heavy atom. The molecule has 0 aromatic heterocycles. The summed E-state index contributed by atoms with van der Waals surface area (Å²) >= 11 is 3.21. The second-order valence-corrected chi connectivity index (χ2v) is 5.43. The fourth-order valence-electron chi connectivity index (χ4n) is 1.52. The standard InChI is InChI=1S/C12H15BrF2/c1-12(2,5-6-14)8-9-3-4-10(13)7-11(9)15/h3-4,7H,5-6,8H2,1-2H3. The molecule has 0 radical (unpaired) electrons. The maximum atomic E-state index is 13.5. The van der Waals surface area contributed by atoms with E-state index in [9.17, 15) is 8.78 Å². The molecule has 0 heterocycles. The molecular weight excluding hydrogens is 262 g/mol. The Hall–Kier alpha value is -0.440. The van der Waals surface area contributed by atoms with Gasteiger partial charge in [-0.15, -0.1) is 0 Å². The van der Waals surface area contributed by atoms with Gasteiger partial charge in [0, 0.05) is 4.47 Å². The second-order valence-electron chi connectivity index (χ2n) is 4.52. The quantitative estimate of drug-likeness (QED) is 0.759. The highest BCUT2D eigenvalue weighted by atomic mass is 79.9. The molecule has 0 spiro atoms. The third-order valence-electron chi connectivity index (χ3n) is 2.46. The van der Waals surface area contributed by atoms with E-state index in [0.29, 0.717) is 18.4 Å². The Morgan fingerprint density at radius 3 is 2.53 bits per heavy atom. The monoisotopic (exact) mass is 276 g/mol. The maximum absolute atomic E-state index is 13.5. The lowest BCUT2D eigenvalue weighted by molar-refractivity contribution is 0.283. The molecule has 0 bridgehead atoms. The molecule has 15 heavy (non-hydrogen) atoms. The summed E-state index contributed by atoms with van der Waals surface area (Å²) in [6.45, 7) is 3.55. The number of alkyl halides is 1. The predicted molar refractivity (Wildman–Crippen MR) is 62.2 cm³/mol. The molecule has 0 N–H and O–H groups in total. The van der Waals surface area contributed by atoms with Crippen molar-refractivity contribution in [3.8, 4) is 0 Å². The Labute approximate surface area is 97.8 Å². The van der Waals surface area contributed by atoms with Crippen molar-refractivity contribution in [3.05, 3.63) is 34.1 Å². The normalized spacial score (nSPS) is 11.8. The van der Waals surface area contributed by atoms with Crippen LogP contribution in [-0.4, -0.2) is 6.67 Å². The minimum atomic E-state index is -0.356. The van der Waals surface area contributed by atoms with E-state index in [0.717, 1.165) is 4.47 Å². The Balaban J connectivity index is 2.80. The Kier molecular flexibility index (Phi) is 4.26. The van der Waals surface area contributed by atoms with Crippen molar-refractivity contribution in [3.63, 3.8) is 0 Å². The average molecular weight is 277 g/mol. The van der Waals surface area contributed by atoms with Crippen LogP contribution in [0.3, 0.4) is 0 Å². The van der Waals surface area contributed by atoms with Crippen molar-refractivity contribution < 1.29 is 8.78 Å². The zero-order valence-corrected chi connectivity index (χ0v) is 10.6. The molecule has 0 aliphatic carbocycles. The Bertz CT molecular complexity index is 334. The molecule has 0 nitrogen and oxygen atoms in total. The lowest BCUT2D eigenvalue weighted by Crippen LogP contribution is -2.16. The molecule has 3 heteroatoms. The molecule has 84 valence electrons. The van der Waals surface area contributed by atoms with E-state index in [2.05, 4.69) is 15.9 Å². The summed E-state index contributed by atoms with van der Waals surface area (Å²) in [5.41, 5.74) is 0.459. The molecule has 0 aliphatic heterocycles. The molecule has 0 aliphatic rings. The van der Waals surface area contributed by atoms with Crippen LogP contribution < -0.4 is 0 Å². The third-order valence-corrected chi connectivity index (χ3v) is 2.95. The van der Waals surface area contributed by atoms with E-state index in [4.69, 9.17) is 0 Å². The van der Waals surface area contributed by atoms with Crippen LogP contribution in [0.2, 0.25) is 0 Å². The lowest BCUT2D eigenvalue weighted by Gasteiger charge is -2.23. The molecule has 1 aromatic carbocycles. The van der Waals surface area contributed by atoms with Gasteiger partial charge in [0.05, 0.1) is 6.67 Å². The van der Waals surface area contributed by atoms with Crippen LogP contribution >= 0.6 is 15.9 Å². The van der Waals surface area contributed by atoms with E-state index < -0.39 is 0 Å². The highest BCUT2D eigenvalue weighted by Gasteiger charge is 2.19. The summed E-state index contributed by atoms with van der Waals surface area (Å²) in [6, 6.07) is 5.00. The van der Waals surface area contributed by atoms with Gasteiger partial charge in [0.1, 0.15) is 5.82 Å². The fourth-order valence-corrected chi connectivity index (χ4v) is 1.86. The summed E-state index contributed by atoms with van der Waals surface area (Å²) in [6.07, 6.45) is 1.03. The van der Waals surface area contributed by atoms with Gasteiger partial charge in [-0.25, -0.2) is 4.39 Å². The minimum Gasteiger partial charge on any atom is -0.251 e. The van der Waals surface area contributed by atoms with E-state index in [1.54, 1.807) is 6.07 Å². The van der Waals surface area contributed by atoms with E-state index in [1.807, 2.05) is 19.9 Å². The maximum Gasteiger partial charge on any atom is 0.127 e. The summed E-state index contributed by atoms with van der Waals surface area (Å²) < 4.78 is 26.5. The first-order chi connectivity index (χ1) is 6.94. The van der Waals surface area contributed by atoms with Gasteiger partial charge < -0.3 is 0 Å². The SMILES string of the molecule is CC(C)(CCF)Cc1ccc(Br)cc1F. The van der Waals surface area contributed by atoms with Gasteiger partial charge in [-0.1, -0.05) is 35.8 Å². The number of benzene rings is 1. The summed E-state index contributed by atoms with van der Waals surface area (Å²) in [4.78, 5) is 0. The van der Waals surface area contributed by atoms with Gasteiger partial charge >= 0.3 is 0 Å². The van der Waals surface area contributed by atoms with E-state index >= 15 is 0 Å². The summed E-state index contributed by atoms with van der Waals surface area (Å²) in [7, 11) is 0. The van der Waals surface area contributed by atoms with Crippen molar-refractivity contribution >= 4 is 15.9 Å². The molecule has 0 amide bonds. The van der Waals surface area contributed by atoms with E-state index in [-0.39, 0.29) is 17.9 Å². The molecule has 0 atom stereocenters. The third kappa shape index (κ3) is 3.90. The van der Waals surface area contributed by atoms with Gasteiger partial charge in [0.25, 0.3) is 0 Å². The fraction of sp³-hybridized carbons (Fsp3) is 0.500. The topological polar surface area (TPSA) is 0 Å². The van der Waals surface area contributed by atoms with Crippen molar-refractivity contribution in [1.29, 1.82) is 0 Å². The van der Waals surface area contributed by atoms with Crippen LogP contribution in [0.15, 0.2) is 22.7 Å². The van der Waals surface area contributed by atoms with Gasteiger partial charge in [-0.3, -0.25) is 4.39 Å². The van der Waals surface area contributed by atoms with Gasteiger partial charge in [-0.05, 0) is 36.0 Å². The van der Waals surface area contributed by atoms with Crippen LogP contribution in [0.1, 0.15) is 25.8 Å². The van der Waals surface area contributed by atoms with Crippen LogP contribution in [0.25, 0.3) is 0 Å². The average Bonchev–Trinajstić information content (AvgIpc) is 2.09. The van der Waals surface area contributed by atoms with Crippen molar-refractivity contribution in [1.82, 2.24) is 0 Å². The first-order valence-corrected chi connectivity index (χ1v) is 5.74. The zero-order chi connectivity index (χ0) is 11.5. The van der Waals surface area contributed by atoms with Crippen LogP contribution in [-0.2, 0) is 6.42 Å². The largest absolute Gasteiger partial charge is 0.251 e. The molecule has 0 saturated heterocycles. The number of rotatable bonds is 4. The predicted octanol–water partition coefficient (Wildman–Crippen LogP) is 4.52. The zero-order valence-electron chi connectivity index (χ0n) is 8.99. The lowest BCUT2D eigenvalue weighted by atomic mass is 9.83. The molecular formula is C12H15BrF2. The first-order valence-electron chi connectivity index (χ1n) is 4.94. The summed E-state index contributed by atoms with van der Waals surface area (Å²) in [5, 5.41) is 0. The van der Waals surface area contributed by atoms with Crippen molar-refractivity contribution in [2.45, 2.75) is 26.7 Å². The van der Waals surface area contributed by atoms with Crippen LogP contribution in [0, 0.1) is 11.2 Å². The van der Waals surface area contributed by atoms with Crippen molar-refractivity contribution in [2.75, 3.05) is 6.67 Å². The van der Waals surface area contributed by atoms with Crippen molar-refractivity contribution in [2.24, 2.45) is 5.41 Å². The molecule has 0 fully saturated rings. The smallest absolute Gasteiger partial charge is 0.127 e. The molecule has 0 unspecified atom stereocenters. The van der Waals surface area contributed by atoms with E-state index in [1.165, 1.54) is 6.07 Å². The van der Waals surface area contributed by atoms with Crippen LogP contribution in [0.5, 0.6) is 0 Å². The highest BCUT2D eigenvalue weighted by molar-refractivity contribution is 9.10. The highest BCUT2D eigenvalue weighted by Crippen LogP contribution is 2.28. The number of hydrogen-bond donors (Lipinski definition) is 0. The Morgan fingerprint density at radius 2 is 2.00 bits per heavy atom. The minimum absolute atomic E-state index is 0.191. The number of halogens is 3. The summed E-state index contributed by atoms with van der Waals surface area (Å²) in [5.74, 6) is -0.226. The number of hydrogen-bond acceptors (Lipinski definition) is 0. The second kappa shape index (κ2) is 5.06. The van der Waals surface area contributed by atoms with Gasteiger partial charge in [0.15, 0.2) is 0 Å². The molecule has 1 aromatic rings. The molecule has 0 saturated carbocycles. The first kappa shape index (κ1) is 12.6. The molecule has 1 rings (SSSR count).